The lowest BCUT2D eigenvalue weighted by molar-refractivity contribution is 0.0948. The van der Waals surface area contributed by atoms with Crippen LogP contribution in [0, 0.1) is 0 Å². The molecule has 0 aliphatic heterocycles. The number of benzene rings is 2. The number of carbonyl (C=O) groups is 1. The second-order valence-corrected chi connectivity index (χ2v) is 5.88. The van der Waals surface area contributed by atoms with E-state index in [1.807, 2.05) is 13.8 Å². The number of nitrogens with two attached hydrogens (primary N) is 1. The Balaban J connectivity index is 1.78. The van der Waals surface area contributed by atoms with Crippen molar-refractivity contribution in [1.29, 1.82) is 0 Å². The Morgan fingerprint density at radius 3 is 2.62 bits per heavy atom. The number of rotatable bonds is 5. The van der Waals surface area contributed by atoms with Crippen molar-refractivity contribution in [3.63, 3.8) is 0 Å². The summed E-state index contributed by atoms with van der Waals surface area (Å²) in [4.78, 5) is 16.6. The maximum absolute atomic E-state index is 12.6. The van der Waals surface area contributed by atoms with Crippen molar-refractivity contribution in [2.45, 2.75) is 20.0 Å². The Morgan fingerprint density at radius 1 is 1.23 bits per heavy atom. The van der Waals surface area contributed by atoms with E-state index in [2.05, 4.69) is 15.4 Å². The molecule has 0 fully saturated rings. The normalized spacial score (nSPS) is 10.7. The number of ether oxygens (including phenoxy) is 1. The highest BCUT2D eigenvalue weighted by Gasteiger charge is 2.16. The summed E-state index contributed by atoms with van der Waals surface area (Å²) in [6.45, 7) is 3.85. The predicted octanol–water partition coefficient (Wildman–Crippen LogP) is 2.79. The quantitative estimate of drug-likeness (QED) is 0.646. The lowest BCUT2D eigenvalue weighted by atomic mass is 10.2. The number of nitrogen functional groups attached to an aromatic ring is 1. The second kappa shape index (κ2) is 7.14. The van der Waals surface area contributed by atoms with E-state index in [4.69, 9.17) is 10.5 Å². The van der Waals surface area contributed by atoms with Crippen molar-refractivity contribution < 1.29 is 14.6 Å². The van der Waals surface area contributed by atoms with E-state index >= 15 is 0 Å². The van der Waals surface area contributed by atoms with Gasteiger partial charge >= 0.3 is 0 Å². The molecule has 0 spiro atoms. The van der Waals surface area contributed by atoms with Gasteiger partial charge in [-0.25, -0.2) is 0 Å². The van der Waals surface area contributed by atoms with Crippen LogP contribution >= 0.6 is 0 Å². The molecule has 3 rings (SSSR count). The first-order chi connectivity index (χ1) is 12.4. The Labute approximate surface area is 150 Å². The van der Waals surface area contributed by atoms with Crippen molar-refractivity contribution >= 4 is 23.5 Å². The van der Waals surface area contributed by atoms with Gasteiger partial charge in [-0.15, -0.1) is 5.10 Å². The molecule has 0 bridgehead atoms. The maximum Gasteiger partial charge on any atom is 0.281 e. The van der Waals surface area contributed by atoms with E-state index < -0.39 is 5.91 Å². The van der Waals surface area contributed by atoms with Crippen LogP contribution in [0.3, 0.4) is 0 Å². The first-order valence-electron chi connectivity index (χ1n) is 8.02. The van der Waals surface area contributed by atoms with Gasteiger partial charge in [0.25, 0.3) is 5.91 Å². The van der Waals surface area contributed by atoms with Crippen molar-refractivity contribution in [3.8, 4) is 11.5 Å². The van der Waals surface area contributed by atoms with Gasteiger partial charge in [-0.2, -0.15) is 9.67 Å². The highest BCUT2D eigenvalue weighted by atomic mass is 16.5. The summed E-state index contributed by atoms with van der Waals surface area (Å²) in [5.41, 5.74) is 6.79. The number of hydrogen-bond acceptors (Lipinski definition) is 7. The van der Waals surface area contributed by atoms with Crippen LogP contribution in [-0.4, -0.2) is 31.9 Å². The zero-order valence-electron chi connectivity index (χ0n) is 14.4. The van der Waals surface area contributed by atoms with Gasteiger partial charge in [0.15, 0.2) is 0 Å². The largest absolute Gasteiger partial charge is 0.508 e. The molecule has 0 saturated carbocycles. The van der Waals surface area contributed by atoms with Crippen LogP contribution in [0.5, 0.6) is 11.5 Å². The number of phenols is 1. The number of nitrogens with one attached hydrogen (secondary N) is 1. The molecule has 0 saturated heterocycles. The third kappa shape index (κ3) is 3.92. The fraction of sp³-hybridized carbons (Fsp3) is 0.167. The first kappa shape index (κ1) is 17.3. The second-order valence-electron chi connectivity index (χ2n) is 5.88. The molecule has 3 aromatic rings. The number of phenolic OH excluding ortho intramolecular Hbond substituents is 1. The van der Waals surface area contributed by atoms with E-state index in [1.54, 1.807) is 42.5 Å². The van der Waals surface area contributed by atoms with Crippen LogP contribution in [0.2, 0.25) is 0 Å². The molecule has 2 aromatic carbocycles. The number of hydrogen-bond donors (Lipinski definition) is 3. The number of aromatic nitrogens is 3. The van der Waals surface area contributed by atoms with Gasteiger partial charge in [-0.3, -0.25) is 4.79 Å². The third-order valence-corrected chi connectivity index (χ3v) is 3.40. The Morgan fingerprint density at radius 2 is 1.96 bits per heavy atom. The molecule has 8 nitrogen and oxygen atoms in total. The van der Waals surface area contributed by atoms with Gasteiger partial charge in [0.05, 0.1) is 6.10 Å². The smallest absolute Gasteiger partial charge is 0.281 e. The summed E-state index contributed by atoms with van der Waals surface area (Å²) in [6, 6.07) is 13.2. The van der Waals surface area contributed by atoms with E-state index in [-0.39, 0.29) is 23.8 Å². The van der Waals surface area contributed by atoms with Crippen LogP contribution in [0.25, 0.3) is 0 Å². The van der Waals surface area contributed by atoms with Gasteiger partial charge in [-0.05, 0) is 50.2 Å². The monoisotopic (exact) mass is 353 g/mol. The zero-order chi connectivity index (χ0) is 18.7. The predicted molar refractivity (Wildman–Crippen MR) is 97.8 cm³/mol. The van der Waals surface area contributed by atoms with E-state index in [0.717, 1.165) is 4.68 Å². The molecule has 8 heteroatoms. The van der Waals surface area contributed by atoms with Gasteiger partial charge < -0.3 is 20.9 Å². The number of aromatic hydroxyl groups is 1. The molecule has 0 radical (unpaired) electrons. The summed E-state index contributed by atoms with van der Waals surface area (Å²) in [6.07, 6.45) is 0.0496. The summed E-state index contributed by atoms with van der Waals surface area (Å²) in [7, 11) is 0. The van der Waals surface area contributed by atoms with Crippen molar-refractivity contribution in [2.24, 2.45) is 0 Å². The molecule has 134 valence electrons. The fourth-order valence-corrected chi connectivity index (χ4v) is 2.31. The molecule has 0 unspecified atom stereocenters. The van der Waals surface area contributed by atoms with E-state index in [1.165, 1.54) is 6.07 Å². The molecule has 0 atom stereocenters. The minimum atomic E-state index is -0.407. The van der Waals surface area contributed by atoms with Crippen molar-refractivity contribution in [3.05, 3.63) is 54.1 Å². The summed E-state index contributed by atoms with van der Waals surface area (Å²) in [5, 5.41) is 16.5. The molecule has 1 heterocycles. The lowest BCUT2D eigenvalue weighted by Crippen LogP contribution is -2.16. The molecule has 0 amide bonds. The number of nitrogens with zero attached hydrogens (tertiary/aromatic N) is 3. The Kier molecular flexibility index (Phi) is 4.74. The summed E-state index contributed by atoms with van der Waals surface area (Å²) < 4.78 is 6.57. The molecule has 0 aliphatic carbocycles. The minimum Gasteiger partial charge on any atom is -0.508 e. The number of anilines is 3. The summed E-state index contributed by atoms with van der Waals surface area (Å²) in [5.74, 6) is 0.480. The number of carbonyl (C=O) groups excluding carboxylic acids is 1. The fourth-order valence-electron chi connectivity index (χ4n) is 2.31. The Hall–Kier alpha value is -3.55. The molecule has 1 aromatic heterocycles. The molecular weight excluding hydrogens is 334 g/mol. The Bertz CT molecular complexity index is 919. The zero-order valence-corrected chi connectivity index (χ0v) is 14.4. The molecule has 4 N–H and O–H groups in total. The molecular formula is C18H19N5O3. The van der Waals surface area contributed by atoms with Crippen LogP contribution < -0.4 is 15.8 Å². The topological polar surface area (TPSA) is 115 Å². The average Bonchev–Trinajstić information content (AvgIpc) is 2.94. The van der Waals surface area contributed by atoms with Crippen LogP contribution in [0.1, 0.15) is 24.2 Å². The van der Waals surface area contributed by atoms with Crippen LogP contribution in [0.15, 0.2) is 48.5 Å². The van der Waals surface area contributed by atoms with Crippen molar-refractivity contribution in [2.75, 3.05) is 11.1 Å². The van der Waals surface area contributed by atoms with Gasteiger partial charge in [0.1, 0.15) is 11.5 Å². The first-order valence-corrected chi connectivity index (χ1v) is 8.02. The van der Waals surface area contributed by atoms with Crippen molar-refractivity contribution in [1.82, 2.24) is 14.8 Å². The third-order valence-electron chi connectivity index (χ3n) is 3.40. The average molecular weight is 353 g/mol. The summed E-state index contributed by atoms with van der Waals surface area (Å²) >= 11 is 0. The molecule has 0 aliphatic rings. The van der Waals surface area contributed by atoms with Crippen LogP contribution in [0.4, 0.5) is 17.6 Å². The maximum atomic E-state index is 12.6. The van der Waals surface area contributed by atoms with Crippen LogP contribution in [-0.2, 0) is 0 Å². The van der Waals surface area contributed by atoms with Gasteiger partial charge in [-0.1, -0.05) is 6.07 Å². The molecule has 26 heavy (non-hydrogen) atoms. The van der Waals surface area contributed by atoms with E-state index in [0.29, 0.717) is 17.0 Å². The van der Waals surface area contributed by atoms with E-state index in [9.17, 15) is 9.90 Å². The SMILES string of the molecule is CC(C)Oc1ccc(C(=O)n2nc(Nc3cccc(O)c3)nc2N)cc1. The standard InChI is InChI=1S/C18H19N5O3/c1-11(2)26-15-8-6-12(7-9-15)16(25)23-17(19)21-18(22-23)20-13-4-3-5-14(24)10-13/h3-11,24H,1-2H3,(H3,19,20,21,22). The van der Waals surface area contributed by atoms with Gasteiger partial charge in [0, 0.05) is 17.3 Å². The minimum absolute atomic E-state index is 0.0415. The highest BCUT2D eigenvalue weighted by Crippen LogP contribution is 2.20. The highest BCUT2D eigenvalue weighted by molar-refractivity contribution is 5.97. The lowest BCUT2D eigenvalue weighted by Gasteiger charge is -2.09. The van der Waals surface area contributed by atoms with Gasteiger partial charge in [0.2, 0.25) is 11.9 Å².